The molecule has 6 heteroatoms. The van der Waals surface area contributed by atoms with Crippen LogP contribution in [0.5, 0.6) is 0 Å². The van der Waals surface area contributed by atoms with Crippen molar-refractivity contribution in [1.82, 2.24) is 10.2 Å². The third-order valence-corrected chi connectivity index (χ3v) is 4.75. The van der Waals surface area contributed by atoms with Gasteiger partial charge in [0.2, 0.25) is 5.91 Å². The zero-order chi connectivity index (χ0) is 15.2. The van der Waals surface area contributed by atoms with E-state index in [0.29, 0.717) is 12.5 Å². The van der Waals surface area contributed by atoms with E-state index in [0.717, 1.165) is 31.6 Å². The van der Waals surface area contributed by atoms with E-state index >= 15 is 0 Å². The van der Waals surface area contributed by atoms with Crippen molar-refractivity contribution < 1.29 is 4.79 Å². The molecule has 2 fully saturated rings. The SMILES string of the molecule is Cl.Cl.O=C(CC1CCCN1)Nc1ccc(CCN2CCCC2)cc1. The highest BCUT2D eigenvalue weighted by Gasteiger charge is 2.17. The van der Waals surface area contributed by atoms with Gasteiger partial charge in [0.1, 0.15) is 0 Å². The average molecular weight is 374 g/mol. The summed E-state index contributed by atoms with van der Waals surface area (Å²) in [5, 5.41) is 6.36. The average Bonchev–Trinajstić information content (AvgIpc) is 3.20. The van der Waals surface area contributed by atoms with Crippen LogP contribution in [0, 0.1) is 0 Å². The lowest BCUT2D eigenvalue weighted by molar-refractivity contribution is -0.116. The Kier molecular flexibility index (Phi) is 9.67. The Morgan fingerprint density at radius 3 is 2.46 bits per heavy atom. The van der Waals surface area contributed by atoms with Crippen LogP contribution in [0.2, 0.25) is 0 Å². The number of carbonyl (C=O) groups excluding carboxylic acids is 1. The van der Waals surface area contributed by atoms with Crippen molar-refractivity contribution >= 4 is 36.4 Å². The van der Waals surface area contributed by atoms with Gasteiger partial charge >= 0.3 is 0 Å². The van der Waals surface area contributed by atoms with Crippen LogP contribution in [0.25, 0.3) is 0 Å². The number of hydrogen-bond acceptors (Lipinski definition) is 3. The Bertz CT molecular complexity index is 484. The summed E-state index contributed by atoms with van der Waals surface area (Å²) >= 11 is 0. The fourth-order valence-electron chi connectivity index (χ4n) is 3.41. The minimum Gasteiger partial charge on any atom is -0.326 e. The maximum Gasteiger partial charge on any atom is 0.225 e. The summed E-state index contributed by atoms with van der Waals surface area (Å²) in [4.78, 5) is 14.5. The fraction of sp³-hybridized carbons (Fsp3) is 0.611. The first-order valence-corrected chi connectivity index (χ1v) is 8.64. The second-order valence-corrected chi connectivity index (χ2v) is 6.54. The maximum absolute atomic E-state index is 12.0. The number of benzene rings is 1. The van der Waals surface area contributed by atoms with Gasteiger partial charge in [-0.25, -0.2) is 0 Å². The number of hydrogen-bond donors (Lipinski definition) is 2. The molecule has 2 saturated heterocycles. The molecular weight excluding hydrogens is 345 g/mol. The Labute approximate surface area is 157 Å². The van der Waals surface area contributed by atoms with Gasteiger partial charge in [0.25, 0.3) is 0 Å². The van der Waals surface area contributed by atoms with E-state index in [-0.39, 0.29) is 30.7 Å². The van der Waals surface area contributed by atoms with Crippen molar-refractivity contribution in [2.75, 3.05) is 31.5 Å². The van der Waals surface area contributed by atoms with Crippen molar-refractivity contribution in [2.45, 2.75) is 44.6 Å². The van der Waals surface area contributed by atoms with E-state index in [4.69, 9.17) is 0 Å². The predicted octanol–water partition coefficient (Wildman–Crippen LogP) is 3.25. The van der Waals surface area contributed by atoms with Crippen LogP contribution in [0.4, 0.5) is 5.69 Å². The molecule has 0 bridgehead atoms. The highest BCUT2D eigenvalue weighted by Crippen LogP contribution is 2.14. The minimum atomic E-state index is 0. The van der Waals surface area contributed by atoms with E-state index in [1.165, 1.54) is 37.9 Å². The molecule has 0 aromatic heterocycles. The summed E-state index contributed by atoms with van der Waals surface area (Å²) < 4.78 is 0. The molecule has 1 atom stereocenters. The van der Waals surface area contributed by atoms with Crippen LogP contribution in [0.15, 0.2) is 24.3 Å². The minimum absolute atomic E-state index is 0. The molecule has 1 unspecified atom stereocenters. The van der Waals surface area contributed by atoms with Crippen molar-refractivity contribution in [3.8, 4) is 0 Å². The molecule has 24 heavy (non-hydrogen) atoms. The molecule has 2 aliphatic heterocycles. The lowest BCUT2D eigenvalue weighted by Crippen LogP contribution is -2.27. The lowest BCUT2D eigenvalue weighted by Gasteiger charge is -2.14. The van der Waals surface area contributed by atoms with Gasteiger partial charge in [-0.2, -0.15) is 0 Å². The maximum atomic E-state index is 12.0. The van der Waals surface area contributed by atoms with Gasteiger partial charge in [-0.1, -0.05) is 12.1 Å². The monoisotopic (exact) mass is 373 g/mol. The van der Waals surface area contributed by atoms with Crippen molar-refractivity contribution in [3.63, 3.8) is 0 Å². The van der Waals surface area contributed by atoms with Gasteiger partial charge in [-0.05, 0) is 69.4 Å². The molecule has 1 aromatic rings. The van der Waals surface area contributed by atoms with Gasteiger partial charge < -0.3 is 15.5 Å². The van der Waals surface area contributed by atoms with Crippen molar-refractivity contribution in [2.24, 2.45) is 0 Å². The molecule has 2 aliphatic rings. The molecule has 2 heterocycles. The number of nitrogens with zero attached hydrogens (tertiary/aromatic N) is 1. The first kappa shape index (κ1) is 21.2. The van der Waals surface area contributed by atoms with Gasteiger partial charge in [0.15, 0.2) is 0 Å². The zero-order valence-corrected chi connectivity index (χ0v) is 15.8. The molecule has 0 aliphatic carbocycles. The molecule has 0 radical (unpaired) electrons. The number of nitrogens with one attached hydrogen (secondary N) is 2. The number of carbonyl (C=O) groups is 1. The third-order valence-electron chi connectivity index (χ3n) is 4.75. The second-order valence-electron chi connectivity index (χ2n) is 6.54. The van der Waals surface area contributed by atoms with Crippen LogP contribution in [-0.2, 0) is 11.2 Å². The van der Waals surface area contributed by atoms with E-state index in [1.807, 2.05) is 12.1 Å². The van der Waals surface area contributed by atoms with E-state index in [2.05, 4.69) is 27.7 Å². The molecular formula is C18H29Cl2N3O. The standard InChI is InChI=1S/C18H27N3O.2ClH/c22-18(14-17-4-3-10-19-17)20-16-7-5-15(6-8-16)9-13-21-11-1-2-12-21;;/h5-8,17,19H,1-4,9-14H2,(H,20,22);2*1H. The Balaban J connectivity index is 0.00000144. The van der Waals surface area contributed by atoms with Gasteiger partial charge in [-0.3, -0.25) is 4.79 Å². The topological polar surface area (TPSA) is 44.4 Å². The highest BCUT2D eigenvalue weighted by atomic mass is 35.5. The summed E-state index contributed by atoms with van der Waals surface area (Å²) in [7, 11) is 0. The highest BCUT2D eigenvalue weighted by molar-refractivity contribution is 5.91. The summed E-state index contributed by atoms with van der Waals surface area (Å²) in [5.41, 5.74) is 2.26. The van der Waals surface area contributed by atoms with Gasteiger partial charge in [0.05, 0.1) is 0 Å². The van der Waals surface area contributed by atoms with E-state index in [9.17, 15) is 4.79 Å². The first-order valence-electron chi connectivity index (χ1n) is 8.64. The van der Waals surface area contributed by atoms with Crippen LogP contribution >= 0.6 is 24.8 Å². The molecule has 1 amide bonds. The molecule has 0 spiro atoms. The number of amides is 1. The van der Waals surface area contributed by atoms with Crippen molar-refractivity contribution in [1.29, 1.82) is 0 Å². The molecule has 3 rings (SSSR count). The lowest BCUT2D eigenvalue weighted by atomic mass is 10.1. The Hall–Kier alpha value is -0.810. The number of anilines is 1. The van der Waals surface area contributed by atoms with Crippen molar-refractivity contribution in [3.05, 3.63) is 29.8 Å². The third kappa shape index (κ3) is 6.60. The normalized spacial score (nSPS) is 20.2. The fourth-order valence-corrected chi connectivity index (χ4v) is 3.41. The second kappa shape index (κ2) is 10.9. The largest absolute Gasteiger partial charge is 0.326 e. The number of rotatable bonds is 6. The van der Waals surface area contributed by atoms with Gasteiger partial charge in [0, 0.05) is 24.7 Å². The molecule has 0 saturated carbocycles. The summed E-state index contributed by atoms with van der Waals surface area (Å²) in [5.74, 6) is 0.115. The zero-order valence-electron chi connectivity index (χ0n) is 14.1. The van der Waals surface area contributed by atoms with Crippen LogP contribution in [0.3, 0.4) is 0 Å². The number of likely N-dealkylation sites (tertiary alicyclic amines) is 1. The number of halogens is 2. The van der Waals surface area contributed by atoms with Crippen LogP contribution in [0.1, 0.15) is 37.7 Å². The van der Waals surface area contributed by atoms with Crippen LogP contribution < -0.4 is 10.6 Å². The van der Waals surface area contributed by atoms with E-state index < -0.39 is 0 Å². The quantitative estimate of drug-likeness (QED) is 0.804. The Morgan fingerprint density at radius 1 is 1.12 bits per heavy atom. The Morgan fingerprint density at radius 2 is 1.83 bits per heavy atom. The molecule has 4 nitrogen and oxygen atoms in total. The summed E-state index contributed by atoms with van der Waals surface area (Å²) in [6.07, 6.45) is 6.67. The smallest absolute Gasteiger partial charge is 0.225 e. The summed E-state index contributed by atoms with van der Waals surface area (Å²) in [6.45, 7) is 4.70. The molecule has 1 aromatic carbocycles. The molecule has 2 N–H and O–H groups in total. The predicted molar refractivity (Wildman–Crippen MR) is 105 cm³/mol. The van der Waals surface area contributed by atoms with E-state index in [1.54, 1.807) is 0 Å². The van der Waals surface area contributed by atoms with Crippen LogP contribution in [-0.4, -0.2) is 43.0 Å². The molecule has 136 valence electrons. The van der Waals surface area contributed by atoms with Gasteiger partial charge in [-0.15, -0.1) is 24.8 Å². The first-order chi connectivity index (χ1) is 10.8. The summed E-state index contributed by atoms with van der Waals surface area (Å²) in [6, 6.07) is 8.69.